The summed E-state index contributed by atoms with van der Waals surface area (Å²) >= 11 is 0. The summed E-state index contributed by atoms with van der Waals surface area (Å²) in [6, 6.07) is 0. The normalized spacial score (nSPS) is 10.8. The first kappa shape index (κ1) is 15.2. The molecule has 0 atom stereocenters. The Bertz CT molecular complexity index is 480. The van der Waals surface area contributed by atoms with Crippen LogP contribution in [-0.2, 0) is 0 Å². The van der Waals surface area contributed by atoms with Crippen molar-refractivity contribution in [3.63, 3.8) is 0 Å². The van der Waals surface area contributed by atoms with E-state index in [4.69, 9.17) is 5.11 Å². The second-order valence-corrected chi connectivity index (χ2v) is 4.58. The van der Waals surface area contributed by atoms with Crippen LogP contribution in [-0.4, -0.2) is 53.5 Å². The maximum Gasteiger partial charge on any atom is 0.352 e. The zero-order valence-corrected chi connectivity index (χ0v) is 11.8. The molecule has 19 heavy (non-hydrogen) atoms. The van der Waals surface area contributed by atoms with Crippen LogP contribution < -0.4 is 5.32 Å². The molecular weight excluding hydrogens is 246 g/mol. The minimum Gasteiger partial charge on any atom is -0.477 e. The number of hydrogen-bond donors (Lipinski definition) is 3. The molecule has 0 aliphatic carbocycles. The largest absolute Gasteiger partial charge is 0.477 e. The number of nitrogens with zero attached hydrogens (tertiary/aromatic N) is 1. The summed E-state index contributed by atoms with van der Waals surface area (Å²) in [6.45, 7) is 7.60. The number of aromatic amines is 1. The summed E-state index contributed by atoms with van der Waals surface area (Å²) in [4.78, 5) is 27.8. The molecule has 1 heterocycles. The first-order valence-electron chi connectivity index (χ1n) is 6.27. The number of rotatable bonds is 6. The summed E-state index contributed by atoms with van der Waals surface area (Å²) < 4.78 is 0. The zero-order valence-electron chi connectivity index (χ0n) is 11.8. The van der Waals surface area contributed by atoms with Gasteiger partial charge in [0, 0.05) is 18.8 Å². The van der Waals surface area contributed by atoms with Crippen molar-refractivity contribution in [1.29, 1.82) is 0 Å². The molecule has 0 radical (unpaired) electrons. The SMILES string of the molecule is CCN(C)CCNC(=O)c1c(C)[nH]c(C(=O)O)c1C. The van der Waals surface area contributed by atoms with Gasteiger partial charge in [-0.15, -0.1) is 0 Å². The Hall–Kier alpha value is -1.82. The number of aromatic nitrogens is 1. The third kappa shape index (κ3) is 3.57. The Balaban J connectivity index is 2.75. The Kier molecular flexibility index (Phi) is 5.11. The van der Waals surface area contributed by atoms with Crippen LogP contribution in [0.3, 0.4) is 0 Å². The third-order valence-electron chi connectivity index (χ3n) is 3.20. The fraction of sp³-hybridized carbons (Fsp3) is 0.538. The fourth-order valence-electron chi connectivity index (χ4n) is 1.91. The first-order valence-corrected chi connectivity index (χ1v) is 6.27. The lowest BCUT2D eigenvalue weighted by atomic mass is 10.1. The van der Waals surface area contributed by atoms with Crippen molar-refractivity contribution >= 4 is 11.9 Å². The van der Waals surface area contributed by atoms with Crippen molar-refractivity contribution in [3.05, 3.63) is 22.5 Å². The molecule has 0 saturated heterocycles. The van der Waals surface area contributed by atoms with Gasteiger partial charge < -0.3 is 20.3 Å². The van der Waals surface area contributed by atoms with E-state index in [1.165, 1.54) is 0 Å². The quantitative estimate of drug-likeness (QED) is 0.718. The number of carbonyl (C=O) groups excluding carboxylic acids is 1. The molecular formula is C13H21N3O3. The van der Waals surface area contributed by atoms with E-state index in [0.717, 1.165) is 13.1 Å². The van der Waals surface area contributed by atoms with Crippen molar-refractivity contribution in [1.82, 2.24) is 15.2 Å². The van der Waals surface area contributed by atoms with E-state index >= 15 is 0 Å². The first-order chi connectivity index (χ1) is 8.88. The van der Waals surface area contributed by atoms with Gasteiger partial charge in [-0.1, -0.05) is 6.92 Å². The van der Waals surface area contributed by atoms with Crippen molar-refractivity contribution in [2.75, 3.05) is 26.7 Å². The van der Waals surface area contributed by atoms with Gasteiger partial charge in [-0.05, 0) is 33.0 Å². The lowest BCUT2D eigenvalue weighted by molar-refractivity contribution is 0.0690. The minimum absolute atomic E-state index is 0.0772. The smallest absolute Gasteiger partial charge is 0.352 e. The molecule has 1 aromatic heterocycles. The highest BCUT2D eigenvalue weighted by Crippen LogP contribution is 2.17. The summed E-state index contributed by atoms with van der Waals surface area (Å²) in [5.41, 5.74) is 1.56. The molecule has 0 aromatic carbocycles. The number of carbonyl (C=O) groups is 2. The number of H-pyrrole nitrogens is 1. The lowest BCUT2D eigenvalue weighted by Crippen LogP contribution is -2.33. The van der Waals surface area contributed by atoms with Gasteiger partial charge in [0.05, 0.1) is 5.56 Å². The van der Waals surface area contributed by atoms with Crippen molar-refractivity contribution < 1.29 is 14.7 Å². The van der Waals surface area contributed by atoms with Gasteiger partial charge in [0.2, 0.25) is 0 Å². The molecule has 3 N–H and O–H groups in total. The van der Waals surface area contributed by atoms with Crippen molar-refractivity contribution in [2.24, 2.45) is 0 Å². The molecule has 0 bridgehead atoms. The van der Waals surface area contributed by atoms with E-state index in [1.807, 2.05) is 14.0 Å². The van der Waals surface area contributed by atoms with E-state index in [-0.39, 0.29) is 11.6 Å². The van der Waals surface area contributed by atoms with Crippen LogP contribution in [0.25, 0.3) is 0 Å². The van der Waals surface area contributed by atoms with Gasteiger partial charge in [-0.3, -0.25) is 4.79 Å². The number of carboxylic acid groups (broad SMARTS) is 1. The van der Waals surface area contributed by atoms with Gasteiger partial charge in [0.25, 0.3) is 5.91 Å². The Labute approximate surface area is 112 Å². The standard InChI is InChI=1S/C13H21N3O3/c1-5-16(4)7-6-14-12(17)10-8(2)11(13(18)19)15-9(10)3/h15H,5-7H2,1-4H3,(H,14,17)(H,18,19). The molecule has 0 aliphatic heterocycles. The maximum absolute atomic E-state index is 12.0. The molecule has 0 unspecified atom stereocenters. The third-order valence-corrected chi connectivity index (χ3v) is 3.20. The van der Waals surface area contributed by atoms with Crippen LogP contribution in [0.4, 0.5) is 0 Å². The van der Waals surface area contributed by atoms with E-state index in [2.05, 4.69) is 15.2 Å². The summed E-state index contributed by atoms with van der Waals surface area (Å²) in [6.07, 6.45) is 0. The average molecular weight is 267 g/mol. The molecule has 1 rings (SSSR count). The summed E-state index contributed by atoms with van der Waals surface area (Å²) in [7, 11) is 1.97. The Morgan fingerprint density at radius 2 is 2.00 bits per heavy atom. The number of carboxylic acids is 1. The molecule has 1 aromatic rings. The summed E-state index contributed by atoms with van der Waals surface area (Å²) in [5, 5.41) is 11.8. The highest BCUT2D eigenvalue weighted by atomic mass is 16.4. The fourth-order valence-corrected chi connectivity index (χ4v) is 1.91. The number of aromatic carboxylic acids is 1. The highest BCUT2D eigenvalue weighted by Gasteiger charge is 2.21. The van der Waals surface area contributed by atoms with Gasteiger partial charge in [-0.25, -0.2) is 4.79 Å². The van der Waals surface area contributed by atoms with Crippen LogP contribution in [0, 0.1) is 13.8 Å². The molecule has 0 saturated carbocycles. The predicted molar refractivity (Wildman–Crippen MR) is 72.7 cm³/mol. The average Bonchev–Trinajstić information content (AvgIpc) is 2.64. The van der Waals surface area contributed by atoms with Crippen LogP contribution in [0.2, 0.25) is 0 Å². The van der Waals surface area contributed by atoms with Gasteiger partial charge >= 0.3 is 5.97 Å². The van der Waals surface area contributed by atoms with E-state index in [0.29, 0.717) is 23.4 Å². The Morgan fingerprint density at radius 1 is 1.37 bits per heavy atom. The number of likely N-dealkylation sites (N-methyl/N-ethyl adjacent to an activating group) is 1. The predicted octanol–water partition coefficient (Wildman–Crippen LogP) is 1.01. The van der Waals surface area contributed by atoms with Gasteiger partial charge in [-0.2, -0.15) is 0 Å². The van der Waals surface area contributed by atoms with Crippen molar-refractivity contribution in [3.8, 4) is 0 Å². The minimum atomic E-state index is -1.05. The van der Waals surface area contributed by atoms with E-state index < -0.39 is 5.97 Å². The molecule has 0 spiro atoms. The second kappa shape index (κ2) is 6.38. The number of nitrogens with one attached hydrogen (secondary N) is 2. The van der Waals surface area contributed by atoms with Crippen molar-refractivity contribution in [2.45, 2.75) is 20.8 Å². The molecule has 0 fully saturated rings. The van der Waals surface area contributed by atoms with E-state index in [9.17, 15) is 9.59 Å². The van der Waals surface area contributed by atoms with Crippen LogP contribution in [0.5, 0.6) is 0 Å². The zero-order chi connectivity index (χ0) is 14.6. The highest BCUT2D eigenvalue weighted by molar-refractivity contribution is 6.00. The number of aryl methyl sites for hydroxylation is 1. The molecule has 0 aliphatic rings. The van der Waals surface area contributed by atoms with Gasteiger partial charge in [0.15, 0.2) is 0 Å². The molecule has 6 nitrogen and oxygen atoms in total. The second-order valence-electron chi connectivity index (χ2n) is 4.58. The maximum atomic E-state index is 12.0. The monoisotopic (exact) mass is 267 g/mol. The topological polar surface area (TPSA) is 85.4 Å². The molecule has 1 amide bonds. The lowest BCUT2D eigenvalue weighted by Gasteiger charge is -2.14. The Morgan fingerprint density at radius 3 is 2.47 bits per heavy atom. The number of hydrogen-bond acceptors (Lipinski definition) is 3. The summed E-state index contributed by atoms with van der Waals surface area (Å²) in [5.74, 6) is -1.28. The molecule has 106 valence electrons. The van der Waals surface area contributed by atoms with Crippen LogP contribution >= 0.6 is 0 Å². The number of amides is 1. The molecule has 6 heteroatoms. The van der Waals surface area contributed by atoms with E-state index in [1.54, 1.807) is 13.8 Å². The van der Waals surface area contributed by atoms with Gasteiger partial charge in [0.1, 0.15) is 5.69 Å². The van der Waals surface area contributed by atoms with Crippen LogP contribution in [0.15, 0.2) is 0 Å². The van der Waals surface area contributed by atoms with Crippen LogP contribution in [0.1, 0.15) is 39.0 Å².